The predicted octanol–water partition coefficient (Wildman–Crippen LogP) is 3.21. The molecule has 2 nitrogen and oxygen atoms in total. The molecule has 4 heteroatoms. The summed E-state index contributed by atoms with van der Waals surface area (Å²) >= 11 is 3.43. The van der Waals surface area contributed by atoms with E-state index >= 15 is 0 Å². The van der Waals surface area contributed by atoms with E-state index in [4.69, 9.17) is 5.73 Å². The molecule has 0 atom stereocenters. The molecule has 0 bridgehead atoms. The molecule has 0 aliphatic rings. The summed E-state index contributed by atoms with van der Waals surface area (Å²) in [4.78, 5) is 5.81. The second-order valence-electron chi connectivity index (χ2n) is 4.07. The van der Waals surface area contributed by atoms with Crippen molar-refractivity contribution in [3.63, 3.8) is 0 Å². The van der Waals surface area contributed by atoms with Crippen molar-refractivity contribution in [3.05, 3.63) is 23.2 Å². The number of thioether (sulfide) groups is 1. The van der Waals surface area contributed by atoms with E-state index in [0.29, 0.717) is 0 Å². The third kappa shape index (κ3) is 2.17. The van der Waals surface area contributed by atoms with Crippen LogP contribution in [0.25, 0.3) is 10.2 Å². The molecule has 1 heterocycles. The first-order chi connectivity index (χ1) is 7.00. The Balaban J connectivity index is 2.56. The van der Waals surface area contributed by atoms with E-state index in [0.717, 1.165) is 10.5 Å². The first kappa shape index (κ1) is 10.9. The molecule has 0 aliphatic heterocycles. The van der Waals surface area contributed by atoms with Gasteiger partial charge in [-0.3, -0.25) is 0 Å². The van der Waals surface area contributed by atoms with Crippen LogP contribution in [0.1, 0.15) is 18.9 Å². The van der Waals surface area contributed by atoms with E-state index in [-0.39, 0.29) is 5.54 Å². The average molecular weight is 238 g/mol. The maximum absolute atomic E-state index is 6.03. The van der Waals surface area contributed by atoms with E-state index in [1.54, 1.807) is 23.1 Å². The maximum Gasteiger partial charge on any atom is 0.113 e. The van der Waals surface area contributed by atoms with Crippen molar-refractivity contribution >= 4 is 33.3 Å². The van der Waals surface area contributed by atoms with Gasteiger partial charge in [0.2, 0.25) is 0 Å². The lowest BCUT2D eigenvalue weighted by Crippen LogP contribution is -2.28. The van der Waals surface area contributed by atoms with Crippen LogP contribution in [0.3, 0.4) is 0 Å². The minimum Gasteiger partial charge on any atom is -0.320 e. The normalized spacial score (nSPS) is 12.3. The van der Waals surface area contributed by atoms with E-state index in [9.17, 15) is 0 Å². The summed E-state index contributed by atoms with van der Waals surface area (Å²) in [5, 5.41) is 0.996. The van der Waals surface area contributed by atoms with Gasteiger partial charge >= 0.3 is 0 Å². The minimum atomic E-state index is -0.344. The summed E-state index contributed by atoms with van der Waals surface area (Å²) in [6.45, 7) is 3.97. The van der Waals surface area contributed by atoms with Crippen LogP contribution in [-0.2, 0) is 5.54 Å². The van der Waals surface area contributed by atoms with Crippen LogP contribution in [0, 0.1) is 0 Å². The van der Waals surface area contributed by atoms with Gasteiger partial charge in [0.25, 0.3) is 0 Å². The zero-order valence-corrected chi connectivity index (χ0v) is 10.7. The second-order valence-corrected chi connectivity index (χ2v) is 5.98. The number of thiazole rings is 1. The molecule has 0 saturated carbocycles. The van der Waals surface area contributed by atoms with Crippen molar-refractivity contribution in [2.45, 2.75) is 24.3 Å². The van der Waals surface area contributed by atoms with Gasteiger partial charge in [-0.15, -0.1) is 23.1 Å². The van der Waals surface area contributed by atoms with Crippen LogP contribution in [0.15, 0.2) is 23.1 Å². The fraction of sp³-hybridized carbons (Fsp3) is 0.364. The van der Waals surface area contributed by atoms with Crippen molar-refractivity contribution in [2.75, 3.05) is 6.26 Å². The fourth-order valence-electron chi connectivity index (χ4n) is 1.31. The molecule has 0 aliphatic carbocycles. The lowest BCUT2D eigenvalue weighted by atomic mass is 10.1. The molecule has 0 saturated heterocycles. The lowest BCUT2D eigenvalue weighted by molar-refractivity contribution is 0.551. The molecule has 0 unspecified atom stereocenters. The Bertz CT molecular complexity index is 483. The summed E-state index contributed by atoms with van der Waals surface area (Å²) < 4.78 is 1.22. The Morgan fingerprint density at radius 2 is 2.13 bits per heavy atom. The van der Waals surface area contributed by atoms with Crippen molar-refractivity contribution in [1.29, 1.82) is 0 Å². The second kappa shape index (κ2) is 3.77. The quantitative estimate of drug-likeness (QED) is 0.817. The van der Waals surface area contributed by atoms with Crippen molar-refractivity contribution in [1.82, 2.24) is 4.98 Å². The Hall–Kier alpha value is -0.580. The van der Waals surface area contributed by atoms with Gasteiger partial charge in [-0.05, 0) is 38.3 Å². The van der Waals surface area contributed by atoms with Crippen molar-refractivity contribution in [3.8, 4) is 0 Å². The van der Waals surface area contributed by atoms with Crippen molar-refractivity contribution < 1.29 is 0 Å². The van der Waals surface area contributed by atoms with E-state index < -0.39 is 0 Å². The zero-order chi connectivity index (χ0) is 11.1. The molecule has 1 aromatic heterocycles. The van der Waals surface area contributed by atoms with Crippen LogP contribution in [0.2, 0.25) is 0 Å². The number of rotatable bonds is 2. The Morgan fingerprint density at radius 1 is 1.40 bits per heavy atom. The maximum atomic E-state index is 6.03. The number of fused-ring (bicyclic) bond motifs is 1. The highest BCUT2D eigenvalue weighted by molar-refractivity contribution is 7.98. The molecular weight excluding hydrogens is 224 g/mol. The van der Waals surface area contributed by atoms with Gasteiger partial charge in [0.05, 0.1) is 15.8 Å². The smallest absolute Gasteiger partial charge is 0.113 e. The number of nitrogens with two attached hydrogens (primary N) is 1. The van der Waals surface area contributed by atoms with Crippen LogP contribution in [-0.4, -0.2) is 11.2 Å². The zero-order valence-electron chi connectivity index (χ0n) is 9.07. The number of benzene rings is 1. The highest BCUT2D eigenvalue weighted by atomic mass is 32.2. The molecule has 2 rings (SSSR count). The average Bonchev–Trinajstić information content (AvgIpc) is 2.59. The van der Waals surface area contributed by atoms with Crippen LogP contribution < -0.4 is 5.73 Å². The molecule has 2 aromatic rings. The summed E-state index contributed by atoms with van der Waals surface area (Å²) in [7, 11) is 0. The number of hydrogen-bond acceptors (Lipinski definition) is 4. The van der Waals surface area contributed by atoms with Crippen LogP contribution >= 0.6 is 23.1 Å². The molecule has 0 radical (unpaired) electrons. The molecule has 15 heavy (non-hydrogen) atoms. The third-order valence-corrected chi connectivity index (χ3v) is 4.23. The van der Waals surface area contributed by atoms with E-state index in [1.807, 2.05) is 13.8 Å². The molecule has 0 fully saturated rings. The summed E-state index contributed by atoms with van der Waals surface area (Å²) in [5.41, 5.74) is 6.74. The number of hydrogen-bond donors (Lipinski definition) is 1. The largest absolute Gasteiger partial charge is 0.320 e. The van der Waals surface area contributed by atoms with Gasteiger partial charge in [0.1, 0.15) is 5.01 Å². The van der Waals surface area contributed by atoms with Crippen molar-refractivity contribution in [2.24, 2.45) is 5.73 Å². The van der Waals surface area contributed by atoms with Gasteiger partial charge in [0, 0.05) is 4.90 Å². The number of nitrogens with zero attached hydrogens (tertiary/aromatic N) is 1. The van der Waals surface area contributed by atoms with Gasteiger partial charge in [0.15, 0.2) is 0 Å². The minimum absolute atomic E-state index is 0.344. The van der Waals surface area contributed by atoms with Crippen LogP contribution in [0.5, 0.6) is 0 Å². The summed E-state index contributed by atoms with van der Waals surface area (Å²) in [6.07, 6.45) is 2.08. The molecule has 80 valence electrons. The highest BCUT2D eigenvalue weighted by Gasteiger charge is 2.19. The predicted molar refractivity (Wildman–Crippen MR) is 68.6 cm³/mol. The lowest BCUT2D eigenvalue weighted by Gasteiger charge is -2.13. The first-order valence-corrected chi connectivity index (χ1v) is 6.79. The van der Waals surface area contributed by atoms with E-state index in [2.05, 4.69) is 29.4 Å². The SMILES string of the molecule is CSc1ccc2nc(C(C)(C)N)sc2c1. The van der Waals surface area contributed by atoms with Gasteiger partial charge in [-0.2, -0.15) is 0 Å². The highest BCUT2D eigenvalue weighted by Crippen LogP contribution is 2.30. The Morgan fingerprint density at radius 3 is 2.73 bits per heavy atom. The number of aromatic nitrogens is 1. The molecule has 0 spiro atoms. The van der Waals surface area contributed by atoms with E-state index in [1.165, 1.54) is 9.60 Å². The molecule has 1 aromatic carbocycles. The fourth-order valence-corrected chi connectivity index (χ4v) is 2.84. The monoisotopic (exact) mass is 238 g/mol. The summed E-state index contributed by atoms with van der Waals surface area (Å²) in [5.74, 6) is 0. The standard InChI is InChI=1S/C11H14N2S2/c1-11(2,12)10-13-8-5-4-7(14-3)6-9(8)15-10/h4-6H,12H2,1-3H3. The molecular formula is C11H14N2S2. The molecule has 2 N–H and O–H groups in total. The van der Waals surface area contributed by atoms with Gasteiger partial charge in [-0.1, -0.05) is 0 Å². The molecule has 0 amide bonds. The van der Waals surface area contributed by atoms with Gasteiger partial charge < -0.3 is 5.73 Å². The Labute approximate surface area is 97.9 Å². The summed E-state index contributed by atoms with van der Waals surface area (Å²) in [6, 6.07) is 6.33. The topological polar surface area (TPSA) is 38.9 Å². The first-order valence-electron chi connectivity index (χ1n) is 4.74. The van der Waals surface area contributed by atoms with Gasteiger partial charge in [-0.25, -0.2) is 4.98 Å². The Kier molecular flexibility index (Phi) is 2.75. The third-order valence-electron chi connectivity index (χ3n) is 2.15. The van der Waals surface area contributed by atoms with Crippen LogP contribution in [0.4, 0.5) is 0 Å².